The third-order valence-corrected chi connectivity index (χ3v) is 6.95. The molecule has 1 fully saturated rings. The van der Waals surface area contributed by atoms with Gasteiger partial charge in [-0.25, -0.2) is 0 Å². The lowest BCUT2D eigenvalue weighted by Gasteiger charge is -2.19. The Balaban J connectivity index is 1.45. The molecule has 2 N–H and O–H groups in total. The first-order chi connectivity index (χ1) is 14.0. The second-order valence-corrected chi connectivity index (χ2v) is 9.65. The van der Waals surface area contributed by atoms with Crippen LogP contribution in [0.3, 0.4) is 0 Å². The van der Waals surface area contributed by atoms with Crippen molar-refractivity contribution in [2.45, 2.75) is 56.7 Å². The lowest BCUT2D eigenvalue weighted by Crippen LogP contribution is -2.28. The number of rotatable bonds is 8. The largest absolute Gasteiger partial charge is 0.443 e. The highest BCUT2D eigenvalue weighted by Crippen LogP contribution is 2.29. The van der Waals surface area contributed by atoms with E-state index in [9.17, 15) is 8.42 Å². The zero-order valence-corrected chi connectivity index (χ0v) is 17.5. The van der Waals surface area contributed by atoms with E-state index in [0.29, 0.717) is 23.9 Å². The zero-order valence-electron chi connectivity index (χ0n) is 16.7. The molecule has 5 nitrogen and oxygen atoms in total. The van der Waals surface area contributed by atoms with E-state index in [4.69, 9.17) is 4.42 Å². The number of anilines is 1. The highest BCUT2D eigenvalue weighted by atomic mass is 32.2. The molecule has 1 aliphatic rings. The van der Waals surface area contributed by atoms with E-state index >= 15 is 0 Å². The van der Waals surface area contributed by atoms with E-state index in [1.165, 1.54) is 32.1 Å². The summed E-state index contributed by atoms with van der Waals surface area (Å²) in [4.78, 5) is 0. The van der Waals surface area contributed by atoms with Crippen molar-refractivity contribution in [2.24, 2.45) is 5.92 Å². The minimum atomic E-state index is -3.80. The average molecular weight is 413 g/mol. The van der Waals surface area contributed by atoms with Crippen molar-refractivity contribution < 1.29 is 12.8 Å². The van der Waals surface area contributed by atoms with Gasteiger partial charge in [-0.15, -0.1) is 0 Å². The van der Waals surface area contributed by atoms with Gasteiger partial charge in [-0.2, -0.15) is 8.42 Å². The number of nitrogens with one attached hydrogen (secondary N) is 2. The maximum atomic E-state index is 12.9. The van der Waals surface area contributed by atoms with Gasteiger partial charge in [0.1, 0.15) is 5.58 Å². The number of sulfonamides is 1. The summed E-state index contributed by atoms with van der Waals surface area (Å²) in [5, 5.41) is 4.25. The van der Waals surface area contributed by atoms with Crippen molar-refractivity contribution >= 4 is 26.7 Å². The van der Waals surface area contributed by atoms with Crippen LogP contribution in [-0.4, -0.2) is 14.5 Å². The smallest absolute Gasteiger partial charge is 0.295 e. The second-order valence-electron chi connectivity index (χ2n) is 8.03. The Morgan fingerprint density at radius 3 is 2.59 bits per heavy atom. The van der Waals surface area contributed by atoms with E-state index in [2.05, 4.69) is 17.0 Å². The van der Waals surface area contributed by atoms with E-state index in [1.807, 2.05) is 36.4 Å². The van der Waals surface area contributed by atoms with Gasteiger partial charge in [-0.1, -0.05) is 62.1 Å². The molecule has 1 aromatic heterocycles. The minimum Gasteiger partial charge on any atom is -0.443 e. The van der Waals surface area contributed by atoms with Crippen LogP contribution in [0.25, 0.3) is 11.0 Å². The van der Waals surface area contributed by atoms with Crippen molar-refractivity contribution in [3.05, 3.63) is 60.2 Å². The fourth-order valence-corrected chi connectivity index (χ4v) is 5.24. The Morgan fingerprint density at radius 1 is 1.07 bits per heavy atom. The summed E-state index contributed by atoms with van der Waals surface area (Å²) >= 11 is 0. The summed E-state index contributed by atoms with van der Waals surface area (Å²) in [6.45, 7) is 2.83. The van der Waals surface area contributed by atoms with Crippen molar-refractivity contribution in [1.82, 2.24) is 5.32 Å². The van der Waals surface area contributed by atoms with Crippen LogP contribution in [-0.2, 0) is 16.6 Å². The average Bonchev–Trinajstić information content (AvgIpc) is 3.37. The minimum absolute atomic E-state index is 0.0731. The SMILES string of the molecule is C[C@@H](CC1CCCC1)NCc1ccccc1NS(=O)(=O)c1cc2ccccc2o1. The summed E-state index contributed by atoms with van der Waals surface area (Å²) in [5.74, 6) is 0.819. The van der Waals surface area contributed by atoms with Crippen LogP contribution >= 0.6 is 0 Å². The zero-order chi connectivity index (χ0) is 20.3. The van der Waals surface area contributed by atoms with Crippen molar-refractivity contribution in [3.63, 3.8) is 0 Å². The summed E-state index contributed by atoms with van der Waals surface area (Å²) in [5.41, 5.74) is 2.06. The molecule has 154 valence electrons. The number of hydrogen-bond acceptors (Lipinski definition) is 4. The van der Waals surface area contributed by atoms with Gasteiger partial charge in [0.15, 0.2) is 0 Å². The number of benzene rings is 2. The molecule has 4 rings (SSSR count). The summed E-state index contributed by atoms with van der Waals surface area (Å²) in [6.07, 6.45) is 6.54. The molecule has 0 radical (unpaired) electrons. The monoisotopic (exact) mass is 412 g/mol. The first kappa shape index (κ1) is 20.0. The van der Waals surface area contributed by atoms with Crippen LogP contribution in [0.2, 0.25) is 0 Å². The highest BCUT2D eigenvalue weighted by Gasteiger charge is 2.21. The molecule has 0 amide bonds. The van der Waals surface area contributed by atoms with Crippen LogP contribution in [0.4, 0.5) is 5.69 Å². The first-order valence-electron chi connectivity index (χ1n) is 10.3. The van der Waals surface area contributed by atoms with Crippen molar-refractivity contribution in [2.75, 3.05) is 4.72 Å². The van der Waals surface area contributed by atoms with Crippen molar-refractivity contribution in [1.29, 1.82) is 0 Å². The predicted molar refractivity (Wildman–Crippen MR) is 116 cm³/mol. The molecule has 1 aliphatic carbocycles. The molecule has 2 aromatic carbocycles. The van der Waals surface area contributed by atoms with Gasteiger partial charge in [0, 0.05) is 24.0 Å². The molecule has 0 spiro atoms. The lowest BCUT2D eigenvalue weighted by atomic mass is 9.99. The van der Waals surface area contributed by atoms with Crippen LogP contribution in [0.15, 0.2) is 64.1 Å². The van der Waals surface area contributed by atoms with Gasteiger partial charge in [-0.05, 0) is 37.0 Å². The molecule has 29 heavy (non-hydrogen) atoms. The lowest BCUT2D eigenvalue weighted by molar-refractivity contribution is 0.404. The number of fused-ring (bicyclic) bond motifs is 1. The van der Waals surface area contributed by atoms with Gasteiger partial charge in [0.2, 0.25) is 5.09 Å². The molecule has 3 aromatic rings. The molecular formula is C23H28N2O3S. The molecule has 6 heteroatoms. The predicted octanol–water partition coefficient (Wildman–Crippen LogP) is 5.29. The Hall–Kier alpha value is -2.31. The maximum Gasteiger partial charge on any atom is 0.295 e. The number of hydrogen-bond donors (Lipinski definition) is 2. The second kappa shape index (κ2) is 8.59. The van der Waals surface area contributed by atoms with Crippen molar-refractivity contribution in [3.8, 4) is 0 Å². The van der Waals surface area contributed by atoms with Gasteiger partial charge in [-0.3, -0.25) is 4.72 Å². The van der Waals surface area contributed by atoms with Gasteiger partial charge < -0.3 is 9.73 Å². The Kier molecular flexibility index (Phi) is 5.92. The Labute approximate surface area is 172 Å². The standard InChI is InChI=1S/C23H28N2O3S/c1-17(14-18-8-2-3-9-18)24-16-20-11-4-6-12-21(20)25-29(26,27)23-15-19-10-5-7-13-22(19)28-23/h4-7,10-13,15,17-18,24-25H,2-3,8-9,14,16H2,1H3/t17-/m0/s1. The summed E-state index contributed by atoms with van der Waals surface area (Å²) in [6, 6.07) is 16.7. The topological polar surface area (TPSA) is 71.3 Å². The normalized spacial score (nSPS) is 16.3. The van der Waals surface area contributed by atoms with Crippen LogP contribution in [0.1, 0.15) is 44.6 Å². The third-order valence-electron chi connectivity index (χ3n) is 5.73. The Morgan fingerprint density at radius 2 is 1.79 bits per heavy atom. The molecule has 1 atom stereocenters. The summed E-state index contributed by atoms with van der Waals surface area (Å²) < 4.78 is 34.0. The molecule has 0 unspecified atom stereocenters. The van der Waals surface area contributed by atoms with Gasteiger partial charge in [0.05, 0.1) is 5.69 Å². The van der Waals surface area contributed by atoms with E-state index in [0.717, 1.165) is 16.9 Å². The fraction of sp³-hybridized carbons (Fsp3) is 0.391. The molecule has 1 saturated carbocycles. The maximum absolute atomic E-state index is 12.9. The third kappa shape index (κ3) is 4.82. The van der Waals surface area contributed by atoms with E-state index < -0.39 is 10.0 Å². The summed E-state index contributed by atoms with van der Waals surface area (Å²) in [7, 11) is -3.80. The van der Waals surface area contributed by atoms with Gasteiger partial charge >= 0.3 is 0 Å². The molecule has 0 aliphatic heterocycles. The Bertz CT molecular complexity index is 1040. The molecule has 0 bridgehead atoms. The first-order valence-corrected chi connectivity index (χ1v) is 11.8. The van der Waals surface area contributed by atoms with Gasteiger partial charge in [0.25, 0.3) is 10.0 Å². The number of para-hydroxylation sites is 2. The quantitative estimate of drug-likeness (QED) is 0.527. The van der Waals surface area contributed by atoms with Crippen LogP contribution < -0.4 is 10.0 Å². The molecule has 0 saturated heterocycles. The highest BCUT2D eigenvalue weighted by molar-refractivity contribution is 7.92. The van der Waals surface area contributed by atoms with E-state index in [-0.39, 0.29) is 5.09 Å². The van der Waals surface area contributed by atoms with E-state index in [1.54, 1.807) is 18.2 Å². The van der Waals surface area contributed by atoms with Crippen LogP contribution in [0.5, 0.6) is 0 Å². The molecular weight excluding hydrogens is 384 g/mol. The molecule has 1 heterocycles. The number of furan rings is 1. The fourth-order valence-electron chi connectivity index (χ4n) is 4.17. The van der Waals surface area contributed by atoms with Crippen LogP contribution in [0, 0.1) is 5.92 Å².